The van der Waals surface area contributed by atoms with Gasteiger partial charge in [-0.25, -0.2) is 4.79 Å². The third-order valence-electron chi connectivity index (χ3n) is 3.44. The molecule has 2 rings (SSSR count). The number of rotatable bonds is 6. The lowest BCUT2D eigenvalue weighted by molar-refractivity contribution is -0.111. The quantitative estimate of drug-likeness (QED) is 0.695. The molecule has 0 heterocycles. The molecule has 0 aliphatic heterocycles. The van der Waals surface area contributed by atoms with Crippen LogP contribution in [0.15, 0.2) is 48.5 Å². The Kier molecular flexibility index (Phi) is 6.61. The van der Waals surface area contributed by atoms with Crippen molar-refractivity contribution in [2.45, 2.75) is 0 Å². The summed E-state index contributed by atoms with van der Waals surface area (Å²) in [4.78, 5) is 23.3. The van der Waals surface area contributed by atoms with Crippen LogP contribution in [0.4, 0.5) is 16.2 Å². The lowest BCUT2D eigenvalue weighted by Crippen LogP contribution is -2.24. The van der Waals surface area contributed by atoms with Crippen molar-refractivity contribution in [2.24, 2.45) is 0 Å². The number of amides is 3. The summed E-state index contributed by atoms with van der Waals surface area (Å²) in [5, 5.41) is 7.85. The molecule has 0 bridgehead atoms. The summed E-state index contributed by atoms with van der Waals surface area (Å²) in [6.45, 7) is 0. The molecule has 0 unspecified atom stereocenters. The summed E-state index contributed by atoms with van der Waals surface area (Å²) in [7, 11) is 4.67. The summed E-state index contributed by atoms with van der Waals surface area (Å²) in [5.41, 5.74) is 2.02. The highest BCUT2D eigenvalue weighted by molar-refractivity contribution is 6.02. The van der Waals surface area contributed by atoms with Crippen LogP contribution in [0.1, 0.15) is 5.56 Å². The molecular weight excluding hydrogens is 334 g/mol. The van der Waals surface area contributed by atoms with Crippen LogP contribution in [0.2, 0.25) is 0 Å². The molecule has 2 aromatic rings. The Morgan fingerprint density at radius 2 is 1.42 bits per heavy atom. The number of hydrogen-bond donors (Lipinski definition) is 3. The highest BCUT2D eigenvalue weighted by Crippen LogP contribution is 2.23. The van der Waals surface area contributed by atoms with E-state index in [2.05, 4.69) is 16.0 Å². The standard InChI is InChI=1S/C19H21N3O4/c1-20-19(24)22-15-7-5-14(6-8-15)21-18(23)9-4-13-10-16(25-2)12-17(11-13)26-3/h4-12H,1-3H3,(H,21,23)(H2,20,22,24)/b9-4+. The van der Waals surface area contributed by atoms with Crippen molar-refractivity contribution >= 4 is 29.4 Å². The second kappa shape index (κ2) is 9.12. The van der Waals surface area contributed by atoms with Gasteiger partial charge in [0.15, 0.2) is 0 Å². The van der Waals surface area contributed by atoms with Crippen molar-refractivity contribution in [1.29, 1.82) is 0 Å². The largest absolute Gasteiger partial charge is 0.497 e. The number of methoxy groups -OCH3 is 2. The minimum absolute atomic E-state index is 0.279. The van der Waals surface area contributed by atoms with Crippen LogP contribution in [0.3, 0.4) is 0 Å². The van der Waals surface area contributed by atoms with Crippen LogP contribution < -0.4 is 25.4 Å². The molecule has 0 radical (unpaired) electrons. The molecular formula is C19H21N3O4. The second-order valence-electron chi connectivity index (χ2n) is 5.25. The Hall–Kier alpha value is -3.48. The smallest absolute Gasteiger partial charge is 0.318 e. The van der Waals surface area contributed by atoms with E-state index in [0.717, 1.165) is 5.56 Å². The van der Waals surface area contributed by atoms with Gasteiger partial charge in [0.1, 0.15) is 11.5 Å². The van der Waals surface area contributed by atoms with Gasteiger partial charge in [-0.3, -0.25) is 4.79 Å². The van der Waals surface area contributed by atoms with Crippen LogP contribution in [0, 0.1) is 0 Å². The Balaban J connectivity index is 2.00. The van der Waals surface area contributed by atoms with Gasteiger partial charge in [0.05, 0.1) is 14.2 Å². The molecule has 0 saturated carbocycles. The number of ether oxygens (including phenoxy) is 2. The molecule has 7 heteroatoms. The van der Waals surface area contributed by atoms with E-state index in [1.807, 2.05) is 0 Å². The molecule has 0 fully saturated rings. The fourth-order valence-electron chi connectivity index (χ4n) is 2.11. The average molecular weight is 355 g/mol. The second-order valence-corrected chi connectivity index (χ2v) is 5.25. The van der Waals surface area contributed by atoms with Crippen molar-refractivity contribution in [2.75, 3.05) is 31.9 Å². The molecule has 0 saturated heterocycles. The van der Waals surface area contributed by atoms with Gasteiger partial charge >= 0.3 is 6.03 Å². The van der Waals surface area contributed by atoms with Gasteiger partial charge in [0.2, 0.25) is 5.91 Å². The maximum atomic E-state index is 12.1. The Morgan fingerprint density at radius 3 is 1.92 bits per heavy atom. The van der Waals surface area contributed by atoms with Gasteiger partial charge in [0, 0.05) is 30.6 Å². The molecule has 26 heavy (non-hydrogen) atoms. The maximum Gasteiger partial charge on any atom is 0.318 e. The van der Waals surface area contributed by atoms with Crippen LogP contribution in [-0.2, 0) is 4.79 Å². The SMILES string of the molecule is CNC(=O)Nc1ccc(NC(=O)/C=C/c2cc(OC)cc(OC)c2)cc1. The van der Waals surface area contributed by atoms with E-state index in [9.17, 15) is 9.59 Å². The number of urea groups is 1. The van der Waals surface area contributed by atoms with E-state index in [0.29, 0.717) is 22.9 Å². The van der Waals surface area contributed by atoms with Crippen molar-refractivity contribution in [3.8, 4) is 11.5 Å². The average Bonchev–Trinajstić information content (AvgIpc) is 2.67. The Labute approximate surface area is 152 Å². The minimum atomic E-state index is -0.307. The number of anilines is 2. The van der Waals surface area contributed by atoms with Crippen molar-refractivity contribution < 1.29 is 19.1 Å². The molecule has 0 spiro atoms. The summed E-state index contributed by atoms with van der Waals surface area (Å²) in [5.74, 6) is 1.01. The first kappa shape index (κ1) is 18.9. The number of carbonyl (C=O) groups excluding carboxylic acids is 2. The van der Waals surface area contributed by atoms with E-state index >= 15 is 0 Å². The summed E-state index contributed by atoms with van der Waals surface area (Å²) < 4.78 is 10.4. The zero-order valence-corrected chi connectivity index (χ0v) is 14.8. The third-order valence-corrected chi connectivity index (χ3v) is 3.44. The number of nitrogens with one attached hydrogen (secondary N) is 3. The monoisotopic (exact) mass is 355 g/mol. The number of benzene rings is 2. The Morgan fingerprint density at radius 1 is 0.885 bits per heavy atom. The zero-order chi connectivity index (χ0) is 18.9. The van der Waals surface area contributed by atoms with Crippen LogP contribution in [0.5, 0.6) is 11.5 Å². The maximum absolute atomic E-state index is 12.1. The van der Waals surface area contributed by atoms with Crippen LogP contribution in [-0.4, -0.2) is 33.2 Å². The first-order chi connectivity index (χ1) is 12.5. The fourth-order valence-corrected chi connectivity index (χ4v) is 2.11. The molecule has 0 aromatic heterocycles. The van der Waals surface area contributed by atoms with E-state index in [1.165, 1.54) is 13.1 Å². The molecule has 7 nitrogen and oxygen atoms in total. The number of hydrogen-bond acceptors (Lipinski definition) is 4. The predicted octanol–water partition coefficient (Wildman–Crippen LogP) is 3.11. The van der Waals surface area contributed by atoms with Crippen LogP contribution >= 0.6 is 0 Å². The molecule has 0 aliphatic rings. The topological polar surface area (TPSA) is 88.7 Å². The molecule has 136 valence electrons. The van der Waals surface area contributed by atoms with E-state index < -0.39 is 0 Å². The molecule has 0 atom stereocenters. The summed E-state index contributed by atoms with van der Waals surface area (Å²) >= 11 is 0. The normalized spacial score (nSPS) is 10.3. The first-order valence-corrected chi connectivity index (χ1v) is 7.85. The van der Waals surface area contributed by atoms with Crippen molar-refractivity contribution in [3.63, 3.8) is 0 Å². The highest BCUT2D eigenvalue weighted by Gasteiger charge is 2.02. The highest BCUT2D eigenvalue weighted by atomic mass is 16.5. The van der Waals surface area contributed by atoms with Gasteiger partial charge < -0.3 is 25.4 Å². The first-order valence-electron chi connectivity index (χ1n) is 7.85. The van der Waals surface area contributed by atoms with Gasteiger partial charge in [-0.1, -0.05) is 0 Å². The zero-order valence-electron chi connectivity index (χ0n) is 14.8. The lowest BCUT2D eigenvalue weighted by atomic mass is 10.2. The van der Waals surface area contributed by atoms with Gasteiger partial charge in [-0.15, -0.1) is 0 Å². The fraction of sp³-hybridized carbons (Fsp3) is 0.158. The summed E-state index contributed by atoms with van der Waals surface area (Å²) in [6, 6.07) is 11.8. The third kappa shape index (κ3) is 5.55. The van der Waals surface area contributed by atoms with E-state index in [-0.39, 0.29) is 11.9 Å². The van der Waals surface area contributed by atoms with Gasteiger partial charge in [-0.2, -0.15) is 0 Å². The van der Waals surface area contributed by atoms with E-state index in [4.69, 9.17) is 9.47 Å². The predicted molar refractivity (Wildman–Crippen MR) is 102 cm³/mol. The number of carbonyl (C=O) groups is 2. The molecule has 3 N–H and O–H groups in total. The Bertz CT molecular complexity index is 779. The minimum Gasteiger partial charge on any atom is -0.497 e. The molecule has 0 aliphatic carbocycles. The molecule has 2 aromatic carbocycles. The molecule has 3 amide bonds. The lowest BCUT2D eigenvalue weighted by Gasteiger charge is -2.07. The van der Waals surface area contributed by atoms with Crippen LogP contribution in [0.25, 0.3) is 6.08 Å². The summed E-state index contributed by atoms with van der Waals surface area (Å²) in [6.07, 6.45) is 3.09. The van der Waals surface area contributed by atoms with Gasteiger partial charge in [0.25, 0.3) is 0 Å². The van der Waals surface area contributed by atoms with Crippen molar-refractivity contribution in [1.82, 2.24) is 5.32 Å². The van der Waals surface area contributed by atoms with E-state index in [1.54, 1.807) is 62.8 Å². The van der Waals surface area contributed by atoms with Gasteiger partial charge in [-0.05, 0) is 48.0 Å². The van der Waals surface area contributed by atoms with Crippen molar-refractivity contribution in [3.05, 3.63) is 54.1 Å².